The summed E-state index contributed by atoms with van der Waals surface area (Å²) in [5, 5.41) is 2.77. The summed E-state index contributed by atoms with van der Waals surface area (Å²) in [6, 6.07) is 11.7. The van der Waals surface area contributed by atoms with Crippen molar-refractivity contribution in [2.45, 2.75) is 13.1 Å². The van der Waals surface area contributed by atoms with Crippen LogP contribution in [0.2, 0.25) is 0 Å². The molecule has 33 heavy (non-hydrogen) atoms. The Balaban J connectivity index is 1.49. The molecule has 0 saturated carbocycles. The van der Waals surface area contributed by atoms with Crippen molar-refractivity contribution in [3.8, 4) is 11.5 Å². The number of aromatic nitrogens is 4. The van der Waals surface area contributed by atoms with Crippen molar-refractivity contribution < 1.29 is 14.3 Å². The van der Waals surface area contributed by atoms with Crippen molar-refractivity contribution in [3.63, 3.8) is 0 Å². The molecule has 10 nitrogen and oxygen atoms in total. The van der Waals surface area contributed by atoms with Crippen LogP contribution in [0.1, 0.15) is 5.56 Å². The van der Waals surface area contributed by atoms with Crippen molar-refractivity contribution in [1.29, 1.82) is 0 Å². The second-order valence-electron chi connectivity index (χ2n) is 7.39. The van der Waals surface area contributed by atoms with Gasteiger partial charge in [0, 0.05) is 30.3 Å². The average Bonchev–Trinajstić information content (AvgIpc) is 2.85. The number of anilines is 1. The molecule has 0 aliphatic carbocycles. The van der Waals surface area contributed by atoms with E-state index in [1.54, 1.807) is 54.9 Å². The van der Waals surface area contributed by atoms with E-state index < -0.39 is 17.2 Å². The number of fused-ring (bicyclic) bond motifs is 2. The van der Waals surface area contributed by atoms with Crippen LogP contribution >= 0.6 is 0 Å². The first-order chi connectivity index (χ1) is 16.1. The van der Waals surface area contributed by atoms with Gasteiger partial charge in [0.15, 0.2) is 17.0 Å². The van der Waals surface area contributed by atoms with E-state index in [4.69, 9.17) is 9.47 Å². The largest absolute Gasteiger partial charge is 0.486 e. The fourth-order valence-electron chi connectivity index (χ4n) is 3.67. The minimum Gasteiger partial charge on any atom is -0.486 e. The Morgan fingerprint density at radius 1 is 0.970 bits per heavy atom. The van der Waals surface area contributed by atoms with Crippen molar-refractivity contribution in [3.05, 3.63) is 87.5 Å². The van der Waals surface area contributed by atoms with Gasteiger partial charge < -0.3 is 14.8 Å². The van der Waals surface area contributed by atoms with Gasteiger partial charge in [-0.05, 0) is 42.0 Å². The summed E-state index contributed by atoms with van der Waals surface area (Å²) in [6.45, 7) is 0.637. The number of carbonyl (C=O) groups is 1. The van der Waals surface area contributed by atoms with E-state index in [0.717, 1.165) is 10.1 Å². The van der Waals surface area contributed by atoms with Crippen molar-refractivity contribution in [1.82, 2.24) is 19.1 Å². The number of nitrogens with one attached hydrogen (secondary N) is 1. The minimum atomic E-state index is -0.602. The zero-order valence-electron chi connectivity index (χ0n) is 17.4. The Morgan fingerprint density at radius 2 is 1.76 bits per heavy atom. The molecule has 1 N–H and O–H groups in total. The third-order valence-corrected chi connectivity index (χ3v) is 5.20. The number of hydrogen-bond donors (Lipinski definition) is 1. The van der Waals surface area contributed by atoms with Crippen LogP contribution in [0.3, 0.4) is 0 Å². The van der Waals surface area contributed by atoms with E-state index in [-0.39, 0.29) is 24.1 Å². The summed E-state index contributed by atoms with van der Waals surface area (Å²) in [4.78, 5) is 47.2. The van der Waals surface area contributed by atoms with Crippen LogP contribution < -0.4 is 26.0 Å². The third-order valence-electron chi connectivity index (χ3n) is 5.20. The van der Waals surface area contributed by atoms with Gasteiger partial charge in [-0.25, -0.2) is 9.78 Å². The molecule has 0 unspecified atom stereocenters. The van der Waals surface area contributed by atoms with Gasteiger partial charge in [0.25, 0.3) is 5.56 Å². The first-order valence-corrected chi connectivity index (χ1v) is 10.3. The zero-order chi connectivity index (χ0) is 22.8. The fourth-order valence-corrected chi connectivity index (χ4v) is 3.67. The molecule has 0 radical (unpaired) electrons. The lowest BCUT2D eigenvalue weighted by Gasteiger charge is -2.19. The van der Waals surface area contributed by atoms with E-state index in [1.807, 2.05) is 0 Å². The zero-order valence-corrected chi connectivity index (χ0v) is 17.4. The molecule has 1 aliphatic heterocycles. The maximum Gasteiger partial charge on any atom is 0.332 e. The van der Waals surface area contributed by atoms with Crippen LogP contribution in [-0.4, -0.2) is 38.2 Å². The van der Waals surface area contributed by atoms with Gasteiger partial charge in [-0.3, -0.25) is 23.7 Å². The molecule has 0 spiro atoms. The lowest BCUT2D eigenvalue weighted by molar-refractivity contribution is -0.116. The summed E-state index contributed by atoms with van der Waals surface area (Å²) in [7, 11) is 0. The van der Waals surface area contributed by atoms with Crippen LogP contribution in [0.4, 0.5) is 5.69 Å². The Hall–Kier alpha value is -4.47. The molecular weight excluding hydrogens is 426 g/mol. The molecule has 5 rings (SSSR count). The summed E-state index contributed by atoms with van der Waals surface area (Å²) < 4.78 is 13.4. The number of rotatable bonds is 5. The summed E-state index contributed by atoms with van der Waals surface area (Å²) in [5.41, 5.74) is 0.510. The standard InChI is InChI=1S/C23H19N5O5/c29-20(26-16-3-4-18-19(12-16)33-11-10-32-18)14-27-17-2-1-7-25-21(17)22(30)28(23(27)31)13-15-5-8-24-9-6-15/h1-9,12H,10-11,13-14H2,(H,26,29). The highest BCUT2D eigenvalue weighted by Gasteiger charge is 2.18. The molecule has 0 bridgehead atoms. The molecule has 0 atom stereocenters. The van der Waals surface area contributed by atoms with Crippen LogP contribution in [0.15, 0.2) is 70.6 Å². The molecule has 4 aromatic rings. The number of amides is 1. The number of carbonyl (C=O) groups excluding carboxylic acids is 1. The molecule has 10 heteroatoms. The molecule has 0 saturated heterocycles. The highest BCUT2D eigenvalue weighted by Crippen LogP contribution is 2.32. The molecule has 1 amide bonds. The first kappa shape index (κ1) is 20.4. The maximum atomic E-state index is 13.3. The van der Waals surface area contributed by atoms with Gasteiger partial charge in [0.05, 0.1) is 12.1 Å². The number of hydrogen-bond acceptors (Lipinski definition) is 7. The molecule has 3 aromatic heterocycles. The number of pyridine rings is 2. The highest BCUT2D eigenvalue weighted by atomic mass is 16.6. The highest BCUT2D eigenvalue weighted by molar-refractivity contribution is 5.91. The van der Waals surface area contributed by atoms with Crippen LogP contribution in [0, 0.1) is 0 Å². The molecular formula is C23H19N5O5. The molecule has 1 aliphatic rings. The van der Waals surface area contributed by atoms with Gasteiger partial charge in [0.2, 0.25) is 5.91 Å². The van der Waals surface area contributed by atoms with Crippen LogP contribution in [0.5, 0.6) is 11.5 Å². The van der Waals surface area contributed by atoms with Gasteiger partial charge in [-0.15, -0.1) is 0 Å². The SMILES string of the molecule is O=C(Cn1c(=O)n(Cc2ccncc2)c(=O)c2ncccc21)Nc1ccc2c(c1)OCCO2. The number of ether oxygens (including phenoxy) is 2. The Morgan fingerprint density at radius 3 is 2.58 bits per heavy atom. The second kappa shape index (κ2) is 8.58. The number of nitrogens with zero attached hydrogens (tertiary/aromatic N) is 4. The monoisotopic (exact) mass is 445 g/mol. The second-order valence-corrected chi connectivity index (χ2v) is 7.39. The van der Waals surface area contributed by atoms with Crippen molar-refractivity contribution in [2.75, 3.05) is 18.5 Å². The summed E-state index contributed by atoms with van der Waals surface area (Å²) in [6.07, 6.45) is 4.64. The molecule has 0 fully saturated rings. The van der Waals surface area contributed by atoms with Crippen molar-refractivity contribution in [2.24, 2.45) is 0 Å². The predicted octanol–water partition coefficient (Wildman–Crippen LogP) is 1.41. The van der Waals surface area contributed by atoms with Gasteiger partial charge in [0.1, 0.15) is 19.8 Å². The van der Waals surface area contributed by atoms with Crippen LogP contribution in [-0.2, 0) is 17.9 Å². The third kappa shape index (κ3) is 4.05. The number of benzene rings is 1. The van der Waals surface area contributed by atoms with E-state index in [2.05, 4.69) is 15.3 Å². The molecule has 166 valence electrons. The van der Waals surface area contributed by atoms with Crippen molar-refractivity contribution >= 4 is 22.6 Å². The van der Waals surface area contributed by atoms with E-state index in [1.165, 1.54) is 10.8 Å². The minimum absolute atomic E-state index is 0.0382. The molecule has 1 aromatic carbocycles. The van der Waals surface area contributed by atoms with Gasteiger partial charge in [-0.2, -0.15) is 0 Å². The summed E-state index contributed by atoms with van der Waals surface area (Å²) >= 11 is 0. The first-order valence-electron chi connectivity index (χ1n) is 10.3. The normalized spacial score (nSPS) is 12.5. The lowest BCUT2D eigenvalue weighted by atomic mass is 10.2. The quantitative estimate of drug-likeness (QED) is 0.494. The Kier molecular flexibility index (Phi) is 5.31. The lowest BCUT2D eigenvalue weighted by Crippen LogP contribution is -2.42. The van der Waals surface area contributed by atoms with Gasteiger partial charge in [-0.1, -0.05) is 0 Å². The van der Waals surface area contributed by atoms with E-state index in [0.29, 0.717) is 30.4 Å². The molecule has 4 heterocycles. The maximum absolute atomic E-state index is 13.3. The Labute approximate surface area is 187 Å². The smallest absolute Gasteiger partial charge is 0.332 e. The Bertz CT molecular complexity index is 1460. The van der Waals surface area contributed by atoms with E-state index >= 15 is 0 Å². The van der Waals surface area contributed by atoms with Crippen LogP contribution in [0.25, 0.3) is 11.0 Å². The topological polar surface area (TPSA) is 117 Å². The van der Waals surface area contributed by atoms with E-state index in [9.17, 15) is 14.4 Å². The predicted molar refractivity (Wildman–Crippen MR) is 120 cm³/mol. The van der Waals surface area contributed by atoms with Gasteiger partial charge >= 0.3 is 5.69 Å². The fraction of sp³-hybridized carbons (Fsp3) is 0.174. The summed E-state index contributed by atoms with van der Waals surface area (Å²) in [5.74, 6) is 0.709. The average molecular weight is 445 g/mol.